The third-order valence-electron chi connectivity index (χ3n) is 3.27. The second-order valence-electron chi connectivity index (χ2n) is 4.64. The molecule has 7 nitrogen and oxygen atoms in total. The predicted molar refractivity (Wildman–Crippen MR) is 73.7 cm³/mol. The number of ether oxygens (including phenoxy) is 1. The van der Waals surface area contributed by atoms with Crippen molar-refractivity contribution < 1.29 is 24.6 Å². The van der Waals surface area contributed by atoms with Crippen molar-refractivity contribution in [2.24, 2.45) is 5.16 Å². The molecule has 1 aliphatic heterocycles. The van der Waals surface area contributed by atoms with Crippen LogP contribution in [0.2, 0.25) is 0 Å². The van der Waals surface area contributed by atoms with Crippen LogP contribution in [0, 0.1) is 0 Å². The summed E-state index contributed by atoms with van der Waals surface area (Å²) in [5.41, 5.74) is 0.871. The molecular weight excluding hydrogens is 276 g/mol. The Kier molecular flexibility index (Phi) is 4.89. The molecular formula is C14H16N2O5. The molecule has 1 atom stereocenters. The van der Waals surface area contributed by atoms with Gasteiger partial charge >= 0.3 is 6.09 Å². The minimum atomic E-state index is -1.07. The molecule has 1 heterocycles. The average Bonchev–Trinajstić information content (AvgIpc) is 2.53. The molecule has 1 fully saturated rings. The number of morpholine rings is 1. The molecule has 1 amide bonds. The zero-order valence-electron chi connectivity index (χ0n) is 11.3. The van der Waals surface area contributed by atoms with E-state index in [0.717, 1.165) is 4.90 Å². The Hall–Kier alpha value is -2.41. The molecule has 1 aromatic carbocycles. The third kappa shape index (κ3) is 3.79. The number of carboxylic acid groups (broad SMARTS) is 1. The monoisotopic (exact) mass is 292 g/mol. The van der Waals surface area contributed by atoms with E-state index in [1.807, 2.05) is 6.07 Å². The fourth-order valence-electron chi connectivity index (χ4n) is 2.12. The fourth-order valence-corrected chi connectivity index (χ4v) is 2.12. The van der Waals surface area contributed by atoms with E-state index in [0.29, 0.717) is 5.56 Å². The van der Waals surface area contributed by atoms with E-state index in [4.69, 9.17) is 15.1 Å². The fraction of sp³-hybridized carbons (Fsp3) is 0.357. The lowest BCUT2D eigenvalue weighted by Crippen LogP contribution is -2.48. The lowest BCUT2D eigenvalue weighted by atomic mass is 10.0. The average molecular weight is 292 g/mol. The Morgan fingerprint density at radius 1 is 1.33 bits per heavy atom. The zero-order chi connectivity index (χ0) is 15.2. The summed E-state index contributed by atoms with van der Waals surface area (Å²) in [6.45, 7) is 0.431. The highest BCUT2D eigenvalue weighted by atomic mass is 16.5. The summed E-state index contributed by atoms with van der Waals surface area (Å²) in [4.78, 5) is 24.2. The van der Waals surface area contributed by atoms with Crippen molar-refractivity contribution in [1.29, 1.82) is 0 Å². The molecule has 1 aromatic rings. The van der Waals surface area contributed by atoms with Gasteiger partial charge in [0.25, 0.3) is 0 Å². The quantitative estimate of drug-likeness (QED) is 0.493. The summed E-state index contributed by atoms with van der Waals surface area (Å²) >= 11 is 0. The molecule has 0 aliphatic carbocycles. The highest BCUT2D eigenvalue weighted by molar-refractivity contribution is 6.11. The van der Waals surface area contributed by atoms with E-state index in [1.54, 1.807) is 24.3 Å². The van der Waals surface area contributed by atoms with E-state index in [9.17, 15) is 9.59 Å². The van der Waals surface area contributed by atoms with Crippen molar-refractivity contribution in [3.8, 4) is 0 Å². The van der Waals surface area contributed by atoms with Gasteiger partial charge in [0.1, 0.15) is 6.10 Å². The molecule has 112 valence electrons. The molecule has 21 heavy (non-hydrogen) atoms. The standard InChI is InChI=1S/C14H16N2O5/c17-12(13-9-16(14(18)19)6-7-21-13)8-11(15-20)10-4-2-1-3-5-10/h1-5,13,20H,6-9H2,(H,18,19)/b15-11-. The molecule has 7 heteroatoms. The number of carbonyl (C=O) groups excluding carboxylic acids is 1. The van der Waals surface area contributed by atoms with Crippen LogP contribution < -0.4 is 0 Å². The summed E-state index contributed by atoms with van der Waals surface area (Å²) in [6, 6.07) is 8.82. The van der Waals surface area contributed by atoms with Crippen molar-refractivity contribution in [2.75, 3.05) is 19.7 Å². The highest BCUT2D eigenvalue weighted by Gasteiger charge is 2.29. The van der Waals surface area contributed by atoms with Gasteiger partial charge in [0.2, 0.25) is 0 Å². The van der Waals surface area contributed by atoms with Gasteiger partial charge in [-0.2, -0.15) is 0 Å². The third-order valence-corrected chi connectivity index (χ3v) is 3.27. The van der Waals surface area contributed by atoms with Crippen molar-refractivity contribution in [1.82, 2.24) is 4.90 Å². The first kappa shape index (κ1) is 15.0. The molecule has 0 saturated carbocycles. The molecule has 0 radical (unpaired) electrons. The first-order chi connectivity index (χ1) is 10.1. The molecule has 1 unspecified atom stereocenters. The van der Waals surface area contributed by atoms with E-state index in [-0.39, 0.29) is 37.6 Å². The molecule has 0 bridgehead atoms. The van der Waals surface area contributed by atoms with E-state index >= 15 is 0 Å². The SMILES string of the molecule is O=C(C/C(=N/O)c1ccccc1)C1CN(C(=O)O)CCO1. The molecule has 2 N–H and O–H groups in total. The first-order valence-corrected chi connectivity index (χ1v) is 6.50. The van der Waals surface area contributed by atoms with Crippen molar-refractivity contribution >= 4 is 17.6 Å². The van der Waals surface area contributed by atoms with Crippen LogP contribution in [0.4, 0.5) is 4.79 Å². The number of hydrogen-bond acceptors (Lipinski definition) is 5. The number of carbonyl (C=O) groups is 2. The van der Waals surface area contributed by atoms with Gasteiger partial charge in [-0.15, -0.1) is 0 Å². The van der Waals surface area contributed by atoms with Crippen LogP contribution in [0.5, 0.6) is 0 Å². The smallest absolute Gasteiger partial charge is 0.407 e. The van der Waals surface area contributed by atoms with Gasteiger partial charge in [-0.25, -0.2) is 4.79 Å². The summed E-state index contributed by atoms with van der Waals surface area (Å²) in [7, 11) is 0. The normalized spacial score (nSPS) is 19.3. The lowest BCUT2D eigenvalue weighted by Gasteiger charge is -2.30. The summed E-state index contributed by atoms with van der Waals surface area (Å²) < 4.78 is 5.31. The molecule has 0 aromatic heterocycles. The number of amides is 1. The Morgan fingerprint density at radius 3 is 2.67 bits per heavy atom. The first-order valence-electron chi connectivity index (χ1n) is 6.50. The Morgan fingerprint density at radius 2 is 2.05 bits per heavy atom. The van der Waals surface area contributed by atoms with E-state index in [2.05, 4.69) is 5.16 Å². The zero-order valence-corrected chi connectivity index (χ0v) is 11.3. The van der Waals surface area contributed by atoms with Gasteiger partial charge < -0.3 is 20.0 Å². The topological polar surface area (TPSA) is 99.4 Å². The van der Waals surface area contributed by atoms with Gasteiger partial charge in [-0.05, 0) is 5.56 Å². The van der Waals surface area contributed by atoms with Gasteiger partial charge in [-0.3, -0.25) is 4.79 Å². The summed E-state index contributed by atoms with van der Waals surface area (Å²) in [5.74, 6) is -0.308. The second-order valence-corrected chi connectivity index (χ2v) is 4.64. The number of hydrogen-bond donors (Lipinski definition) is 2. The van der Waals surface area contributed by atoms with E-state index < -0.39 is 12.2 Å². The van der Waals surface area contributed by atoms with Crippen LogP contribution in [0.1, 0.15) is 12.0 Å². The van der Waals surface area contributed by atoms with Crippen molar-refractivity contribution in [3.05, 3.63) is 35.9 Å². The van der Waals surface area contributed by atoms with Crippen LogP contribution in [0.15, 0.2) is 35.5 Å². The predicted octanol–water partition coefficient (Wildman–Crippen LogP) is 1.20. The maximum atomic E-state index is 12.2. The Labute approximate surface area is 121 Å². The Bertz CT molecular complexity index is 544. The van der Waals surface area contributed by atoms with Crippen LogP contribution in [-0.4, -0.2) is 58.6 Å². The number of oxime groups is 1. The number of ketones is 1. The maximum Gasteiger partial charge on any atom is 0.407 e. The highest BCUT2D eigenvalue weighted by Crippen LogP contribution is 2.11. The van der Waals surface area contributed by atoms with Crippen LogP contribution in [0.25, 0.3) is 0 Å². The second kappa shape index (κ2) is 6.85. The molecule has 1 saturated heterocycles. The number of benzene rings is 1. The number of rotatable bonds is 4. The maximum absolute atomic E-state index is 12.2. The number of nitrogens with zero attached hydrogens (tertiary/aromatic N) is 2. The number of Topliss-reactive ketones (excluding diaryl/α,β-unsaturated/α-hetero) is 1. The largest absolute Gasteiger partial charge is 0.465 e. The van der Waals surface area contributed by atoms with Crippen molar-refractivity contribution in [3.63, 3.8) is 0 Å². The van der Waals surface area contributed by atoms with Crippen LogP contribution in [-0.2, 0) is 9.53 Å². The Balaban J connectivity index is 2.02. The van der Waals surface area contributed by atoms with Gasteiger partial charge in [0, 0.05) is 6.54 Å². The van der Waals surface area contributed by atoms with Crippen molar-refractivity contribution in [2.45, 2.75) is 12.5 Å². The summed E-state index contributed by atoms with van der Waals surface area (Å²) in [5, 5.41) is 21.2. The molecule has 1 aliphatic rings. The van der Waals surface area contributed by atoms with Gasteiger partial charge in [0.15, 0.2) is 5.78 Å². The minimum absolute atomic E-state index is 0.00165. The molecule has 2 rings (SSSR count). The van der Waals surface area contributed by atoms with E-state index in [1.165, 1.54) is 0 Å². The van der Waals surface area contributed by atoms with Gasteiger partial charge in [-0.1, -0.05) is 35.5 Å². The van der Waals surface area contributed by atoms with Gasteiger partial charge in [0.05, 0.1) is 25.3 Å². The van der Waals surface area contributed by atoms with Crippen LogP contribution >= 0.6 is 0 Å². The van der Waals surface area contributed by atoms with Crippen LogP contribution in [0.3, 0.4) is 0 Å². The molecule has 0 spiro atoms. The summed E-state index contributed by atoms with van der Waals surface area (Å²) in [6.07, 6.45) is -2.01. The lowest BCUT2D eigenvalue weighted by molar-refractivity contribution is -0.133. The minimum Gasteiger partial charge on any atom is -0.465 e.